The summed E-state index contributed by atoms with van der Waals surface area (Å²) in [6, 6.07) is 0. The SMILES string of the molecule is CNc1cncc(C(=O)N(CCO)CC(F)(F)F)n1. The second kappa shape index (κ2) is 6.32. The van der Waals surface area contributed by atoms with Crippen LogP contribution in [0.2, 0.25) is 0 Å². The Balaban J connectivity index is 2.91. The van der Waals surface area contributed by atoms with E-state index in [2.05, 4.69) is 15.3 Å². The van der Waals surface area contributed by atoms with Gasteiger partial charge in [0.15, 0.2) is 0 Å². The van der Waals surface area contributed by atoms with E-state index in [0.717, 1.165) is 6.20 Å². The van der Waals surface area contributed by atoms with Gasteiger partial charge in [-0.05, 0) is 0 Å². The molecule has 0 radical (unpaired) electrons. The Morgan fingerprint density at radius 2 is 2.16 bits per heavy atom. The zero-order valence-electron chi connectivity index (χ0n) is 10.1. The molecule has 9 heteroatoms. The lowest BCUT2D eigenvalue weighted by Gasteiger charge is -2.22. The van der Waals surface area contributed by atoms with Crippen molar-refractivity contribution in [2.24, 2.45) is 0 Å². The normalized spacial score (nSPS) is 11.2. The first kappa shape index (κ1) is 15.2. The van der Waals surface area contributed by atoms with E-state index >= 15 is 0 Å². The maximum absolute atomic E-state index is 12.3. The molecule has 1 rings (SSSR count). The second-order valence-electron chi connectivity index (χ2n) is 3.61. The van der Waals surface area contributed by atoms with Crippen LogP contribution in [-0.2, 0) is 0 Å². The third-order valence-corrected chi connectivity index (χ3v) is 2.14. The van der Waals surface area contributed by atoms with Gasteiger partial charge in [-0.15, -0.1) is 0 Å². The van der Waals surface area contributed by atoms with Crippen molar-refractivity contribution in [1.29, 1.82) is 0 Å². The fourth-order valence-electron chi connectivity index (χ4n) is 1.34. The summed E-state index contributed by atoms with van der Waals surface area (Å²) in [6.07, 6.45) is -2.14. The number of halogens is 3. The number of aromatic nitrogens is 2. The fraction of sp³-hybridized carbons (Fsp3) is 0.500. The summed E-state index contributed by atoms with van der Waals surface area (Å²) >= 11 is 0. The maximum Gasteiger partial charge on any atom is 0.406 e. The summed E-state index contributed by atoms with van der Waals surface area (Å²) in [4.78, 5) is 19.9. The lowest BCUT2D eigenvalue weighted by atomic mass is 10.3. The van der Waals surface area contributed by atoms with Crippen LogP contribution in [-0.4, -0.2) is 58.8 Å². The quantitative estimate of drug-likeness (QED) is 0.820. The number of hydrogen-bond donors (Lipinski definition) is 2. The maximum atomic E-state index is 12.3. The Morgan fingerprint density at radius 3 is 2.68 bits per heavy atom. The lowest BCUT2D eigenvalue weighted by Crippen LogP contribution is -2.41. The highest BCUT2D eigenvalue weighted by Crippen LogP contribution is 2.17. The van der Waals surface area contributed by atoms with Crippen LogP contribution in [0.25, 0.3) is 0 Å². The summed E-state index contributed by atoms with van der Waals surface area (Å²) < 4.78 is 37.0. The Kier molecular flexibility index (Phi) is 5.04. The van der Waals surface area contributed by atoms with Crippen molar-refractivity contribution >= 4 is 11.7 Å². The van der Waals surface area contributed by atoms with Crippen molar-refractivity contribution in [3.8, 4) is 0 Å². The van der Waals surface area contributed by atoms with Crippen molar-refractivity contribution < 1.29 is 23.1 Å². The number of aliphatic hydroxyl groups is 1. The summed E-state index contributed by atoms with van der Waals surface area (Å²) in [5.74, 6) is -0.669. The molecule has 1 aromatic rings. The molecule has 0 aliphatic rings. The van der Waals surface area contributed by atoms with Gasteiger partial charge in [0.25, 0.3) is 5.91 Å². The standard InChI is InChI=1S/C10H13F3N4O2/c1-14-8-5-15-4-7(16-8)9(19)17(2-3-18)6-10(11,12)13/h4-5,18H,2-3,6H2,1H3,(H,14,16). The average Bonchev–Trinajstić information content (AvgIpc) is 2.36. The van der Waals surface area contributed by atoms with Gasteiger partial charge in [-0.3, -0.25) is 9.78 Å². The number of hydrogen-bond acceptors (Lipinski definition) is 5. The number of carbonyl (C=O) groups excluding carboxylic acids is 1. The van der Waals surface area contributed by atoms with Gasteiger partial charge in [0.2, 0.25) is 0 Å². The summed E-state index contributed by atoms with van der Waals surface area (Å²) in [5, 5.41) is 11.3. The van der Waals surface area contributed by atoms with Crippen molar-refractivity contribution in [1.82, 2.24) is 14.9 Å². The smallest absolute Gasteiger partial charge is 0.395 e. The van der Waals surface area contributed by atoms with Crippen molar-refractivity contribution in [3.05, 3.63) is 18.1 Å². The van der Waals surface area contributed by atoms with Crippen molar-refractivity contribution in [3.63, 3.8) is 0 Å². The summed E-state index contributed by atoms with van der Waals surface area (Å²) in [5.41, 5.74) is -0.218. The molecule has 0 atom stereocenters. The fourth-order valence-corrected chi connectivity index (χ4v) is 1.34. The van der Waals surface area contributed by atoms with Crippen LogP contribution in [0.5, 0.6) is 0 Å². The number of anilines is 1. The number of nitrogens with zero attached hydrogens (tertiary/aromatic N) is 3. The van der Waals surface area contributed by atoms with Crippen LogP contribution in [0.1, 0.15) is 10.5 Å². The molecular weight excluding hydrogens is 265 g/mol. The Labute approximate surface area is 107 Å². The molecule has 0 aliphatic heterocycles. The minimum Gasteiger partial charge on any atom is -0.395 e. The zero-order valence-corrected chi connectivity index (χ0v) is 10.1. The first-order valence-electron chi connectivity index (χ1n) is 5.34. The first-order valence-corrected chi connectivity index (χ1v) is 5.34. The highest BCUT2D eigenvalue weighted by atomic mass is 19.4. The van der Waals surface area contributed by atoms with Gasteiger partial charge in [0.05, 0.1) is 19.0 Å². The van der Waals surface area contributed by atoms with E-state index in [9.17, 15) is 18.0 Å². The largest absolute Gasteiger partial charge is 0.406 e. The number of carbonyl (C=O) groups is 1. The molecule has 106 valence electrons. The van der Waals surface area contributed by atoms with Gasteiger partial charge < -0.3 is 15.3 Å². The number of amides is 1. The topological polar surface area (TPSA) is 78.4 Å². The molecule has 0 unspecified atom stereocenters. The third-order valence-electron chi connectivity index (χ3n) is 2.14. The Hall–Kier alpha value is -1.90. The van der Waals surface area contributed by atoms with Gasteiger partial charge in [0, 0.05) is 13.6 Å². The molecule has 19 heavy (non-hydrogen) atoms. The van der Waals surface area contributed by atoms with Crippen molar-refractivity contribution in [2.45, 2.75) is 6.18 Å². The Bertz CT molecular complexity index is 439. The molecule has 6 nitrogen and oxygen atoms in total. The van der Waals surface area contributed by atoms with E-state index in [4.69, 9.17) is 5.11 Å². The predicted molar refractivity (Wildman–Crippen MR) is 60.6 cm³/mol. The lowest BCUT2D eigenvalue weighted by molar-refractivity contribution is -0.141. The monoisotopic (exact) mass is 278 g/mol. The average molecular weight is 278 g/mol. The van der Waals surface area contributed by atoms with Crippen LogP contribution in [0, 0.1) is 0 Å². The van der Waals surface area contributed by atoms with Gasteiger partial charge >= 0.3 is 6.18 Å². The van der Waals surface area contributed by atoms with E-state index in [0.29, 0.717) is 4.90 Å². The summed E-state index contributed by atoms with van der Waals surface area (Å²) in [7, 11) is 1.54. The van der Waals surface area contributed by atoms with E-state index in [-0.39, 0.29) is 11.5 Å². The number of alkyl halides is 3. The molecule has 0 spiro atoms. The van der Waals surface area contributed by atoms with Gasteiger partial charge in [0.1, 0.15) is 18.1 Å². The molecule has 1 aromatic heterocycles. The van der Waals surface area contributed by atoms with E-state index < -0.39 is 31.8 Å². The van der Waals surface area contributed by atoms with Crippen LogP contribution < -0.4 is 5.32 Å². The molecular formula is C10H13F3N4O2. The molecule has 0 aliphatic carbocycles. The molecule has 1 amide bonds. The van der Waals surface area contributed by atoms with Gasteiger partial charge in [-0.25, -0.2) is 4.98 Å². The van der Waals surface area contributed by atoms with Gasteiger partial charge in [-0.1, -0.05) is 0 Å². The molecule has 0 aromatic carbocycles. The molecule has 1 heterocycles. The highest BCUT2D eigenvalue weighted by molar-refractivity contribution is 5.92. The Morgan fingerprint density at radius 1 is 1.47 bits per heavy atom. The molecule has 2 N–H and O–H groups in total. The highest BCUT2D eigenvalue weighted by Gasteiger charge is 2.33. The molecule has 0 saturated carbocycles. The molecule has 0 fully saturated rings. The van der Waals surface area contributed by atoms with Gasteiger partial charge in [-0.2, -0.15) is 13.2 Å². The van der Waals surface area contributed by atoms with Crippen LogP contribution in [0.4, 0.5) is 19.0 Å². The molecule has 0 bridgehead atoms. The summed E-state index contributed by atoms with van der Waals surface area (Å²) in [6.45, 7) is -2.44. The van der Waals surface area contributed by atoms with Crippen LogP contribution in [0.15, 0.2) is 12.4 Å². The van der Waals surface area contributed by atoms with E-state index in [1.807, 2.05) is 0 Å². The first-order chi connectivity index (χ1) is 8.87. The van der Waals surface area contributed by atoms with Crippen LogP contribution >= 0.6 is 0 Å². The number of nitrogens with one attached hydrogen (secondary N) is 1. The minimum atomic E-state index is -4.54. The predicted octanol–water partition coefficient (Wildman–Crippen LogP) is 0.515. The van der Waals surface area contributed by atoms with E-state index in [1.165, 1.54) is 6.20 Å². The zero-order chi connectivity index (χ0) is 14.5. The van der Waals surface area contributed by atoms with Crippen LogP contribution in [0.3, 0.4) is 0 Å². The van der Waals surface area contributed by atoms with Crippen molar-refractivity contribution in [2.75, 3.05) is 32.1 Å². The molecule has 0 saturated heterocycles. The number of aliphatic hydroxyl groups excluding tert-OH is 1. The number of rotatable bonds is 5. The third kappa shape index (κ3) is 4.70. The van der Waals surface area contributed by atoms with E-state index in [1.54, 1.807) is 7.05 Å². The minimum absolute atomic E-state index is 0.218. The second-order valence-corrected chi connectivity index (χ2v) is 3.61.